The summed E-state index contributed by atoms with van der Waals surface area (Å²) < 4.78 is 33.3. The van der Waals surface area contributed by atoms with Crippen LogP contribution in [0.1, 0.15) is 94.4 Å². The molecular weight excluding hydrogens is 927 g/mol. The quantitative estimate of drug-likeness (QED) is 0.0148. The van der Waals surface area contributed by atoms with Crippen LogP contribution in [0.15, 0.2) is 24.3 Å². The Morgan fingerprint density at radius 3 is 1.40 bits per heavy atom. The number of carboxylic acids is 2. The van der Waals surface area contributed by atoms with E-state index in [9.17, 15) is 48.6 Å². The molecule has 0 bridgehead atoms. The van der Waals surface area contributed by atoms with Gasteiger partial charge in [-0.3, -0.25) is 28.8 Å². The Balaban J connectivity index is 6.11. The third kappa shape index (κ3) is 25.8. The lowest BCUT2D eigenvalue weighted by Crippen LogP contribution is -2.46. The summed E-state index contributed by atoms with van der Waals surface area (Å²) in [5.74, 6) is -7.05. The number of hydrogen-bond donors (Lipinski definition) is 5. The molecule has 0 aliphatic rings. The van der Waals surface area contributed by atoms with E-state index in [2.05, 4.69) is 29.1 Å². The Morgan fingerprint density at radius 2 is 1.03 bits per heavy atom. The first-order valence-electron chi connectivity index (χ1n) is 21.5. The highest BCUT2D eigenvalue weighted by Crippen LogP contribution is 2.43. The summed E-state index contributed by atoms with van der Waals surface area (Å²) >= 11 is 2.28. The fourth-order valence-electron chi connectivity index (χ4n) is 6.15. The summed E-state index contributed by atoms with van der Waals surface area (Å²) in [6.07, 6.45) is 0.0119. The molecule has 23 heteroatoms. The van der Waals surface area contributed by atoms with E-state index in [0.717, 1.165) is 11.8 Å². The number of carboxylic acid groups (broad SMARTS) is 2. The molecule has 0 heterocycles. The van der Waals surface area contributed by atoms with Gasteiger partial charge in [-0.2, -0.15) is 0 Å². The van der Waals surface area contributed by atoms with Crippen molar-refractivity contribution in [3.8, 4) is 0 Å². The Labute approximate surface area is 397 Å². The van der Waals surface area contributed by atoms with E-state index in [4.69, 9.17) is 27.5 Å². The van der Waals surface area contributed by atoms with Crippen LogP contribution in [0.5, 0.6) is 0 Å². The van der Waals surface area contributed by atoms with Gasteiger partial charge in [-0.1, -0.05) is 76.1 Å². The molecule has 0 aliphatic carbocycles. The molecule has 0 saturated carbocycles. The molecule has 0 rings (SSSR count). The summed E-state index contributed by atoms with van der Waals surface area (Å²) in [7, 11) is -2.89. The topological polar surface area (TPSA) is 268 Å². The van der Waals surface area contributed by atoms with Gasteiger partial charge in [0.1, 0.15) is 13.2 Å². The molecule has 0 aromatic heterocycles. The first-order valence-corrected chi connectivity index (χ1v) is 26.1. The molecular formula is C42H71N3O16S3Si. The number of hydrogen-bond acceptors (Lipinski definition) is 17. The third-order valence-electron chi connectivity index (χ3n) is 9.64. The van der Waals surface area contributed by atoms with Crippen LogP contribution in [0.25, 0.3) is 0 Å². The number of aliphatic carboxylic acids is 2. The van der Waals surface area contributed by atoms with Crippen molar-refractivity contribution in [2.24, 2.45) is 17.3 Å². The van der Waals surface area contributed by atoms with Crippen molar-refractivity contribution >= 4 is 89.7 Å². The molecule has 0 aliphatic heterocycles. The third-order valence-corrected chi connectivity index (χ3v) is 15.8. The van der Waals surface area contributed by atoms with E-state index >= 15 is 0 Å². The van der Waals surface area contributed by atoms with Gasteiger partial charge in [0.25, 0.3) is 15.7 Å². The molecule has 19 nitrogen and oxygen atoms in total. The number of carbonyl (C=O) groups excluding carboxylic acids is 6. The standard InChI is InChI=1S/C42H71N3O16S3Si/c1-12-42(24-32(35(47)48)30(10)63-40(54)44-18-20-56-37(51)27(5)6,25-33(36(49)50)31(11)64-41(55)45-19-21-57-38(52)28(7)8)26-58-34(46)23-29(9)62-39(53)43-17-16-22-65(59-13-2,60-14-3)61-15-4/h29-33H,5,7,12-26H2,1-4,6,8-11H3,(H,43,53)(H,44,54)(H,45,55)(H,47,48)(H,49,50). The summed E-state index contributed by atoms with van der Waals surface area (Å²) in [5.41, 5.74) is -0.928. The van der Waals surface area contributed by atoms with E-state index in [1.54, 1.807) is 13.8 Å². The van der Waals surface area contributed by atoms with Crippen LogP contribution in [0.4, 0.5) is 14.4 Å². The first-order chi connectivity index (χ1) is 30.5. The Hall–Kier alpha value is -3.61. The van der Waals surface area contributed by atoms with E-state index < -0.39 is 88.7 Å². The van der Waals surface area contributed by atoms with Crippen LogP contribution < -0.4 is 16.0 Å². The zero-order chi connectivity index (χ0) is 49.8. The van der Waals surface area contributed by atoms with E-state index in [1.807, 2.05) is 20.8 Å². The van der Waals surface area contributed by atoms with Gasteiger partial charge in [-0.25, -0.2) is 9.59 Å². The van der Waals surface area contributed by atoms with Crippen LogP contribution in [0.2, 0.25) is 6.04 Å². The molecule has 0 fully saturated rings. The molecule has 65 heavy (non-hydrogen) atoms. The summed E-state index contributed by atoms with van der Waals surface area (Å²) in [4.78, 5) is 101. The highest BCUT2D eigenvalue weighted by molar-refractivity contribution is 8.14. The number of thioether (sulfide) groups is 3. The van der Waals surface area contributed by atoms with Crippen LogP contribution in [0.3, 0.4) is 0 Å². The van der Waals surface area contributed by atoms with E-state index in [-0.39, 0.29) is 68.4 Å². The molecule has 5 N–H and O–H groups in total. The molecule has 5 unspecified atom stereocenters. The lowest BCUT2D eigenvalue weighted by molar-refractivity contribution is -0.151. The highest BCUT2D eigenvalue weighted by Gasteiger charge is 2.44. The van der Waals surface area contributed by atoms with Gasteiger partial charge in [0.15, 0.2) is 0 Å². The number of nitrogens with one attached hydrogen (secondary N) is 3. The molecule has 5 atom stereocenters. The van der Waals surface area contributed by atoms with Crippen LogP contribution in [-0.4, -0.2) is 140 Å². The monoisotopic (exact) mass is 997 g/mol. The predicted octanol–water partition coefficient (Wildman–Crippen LogP) is 6.67. The zero-order valence-electron chi connectivity index (χ0n) is 39.2. The second-order valence-electron chi connectivity index (χ2n) is 15.2. The summed E-state index contributed by atoms with van der Waals surface area (Å²) in [6, 6.07) is 0.499. The maximum Gasteiger partial charge on any atom is 0.500 e. The van der Waals surface area contributed by atoms with Crippen molar-refractivity contribution in [3.63, 3.8) is 0 Å². The number of carbonyl (C=O) groups is 8. The number of ether oxygens (including phenoxy) is 3. The average Bonchev–Trinajstić information content (AvgIpc) is 3.22. The van der Waals surface area contributed by atoms with Gasteiger partial charge in [-0.05, 0) is 60.3 Å². The molecule has 0 aromatic rings. The Kier molecular flexibility index (Phi) is 31.1. The van der Waals surface area contributed by atoms with Gasteiger partial charge in [-0.15, -0.1) is 0 Å². The second kappa shape index (κ2) is 33.0. The van der Waals surface area contributed by atoms with E-state index in [1.165, 1.54) is 27.7 Å². The zero-order valence-corrected chi connectivity index (χ0v) is 42.7. The molecule has 0 spiro atoms. The maximum atomic E-state index is 13.3. The number of amides is 3. The molecule has 0 radical (unpaired) electrons. The predicted molar refractivity (Wildman–Crippen MR) is 253 cm³/mol. The van der Waals surface area contributed by atoms with Crippen LogP contribution >= 0.6 is 35.3 Å². The van der Waals surface area contributed by atoms with Gasteiger partial charge in [0.2, 0.25) is 0 Å². The molecule has 0 saturated heterocycles. The molecule has 372 valence electrons. The Bertz CT molecular complexity index is 1510. The van der Waals surface area contributed by atoms with Gasteiger partial charge >= 0.3 is 38.7 Å². The largest absolute Gasteiger partial charge is 0.500 e. The molecule has 3 amide bonds. The Morgan fingerprint density at radius 1 is 0.631 bits per heavy atom. The maximum absolute atomic E-state index is 13.3. The SMILES string of the molecule is C=C(C)C(=O)OCCNC(=O)SC(C)C(CC(CC)(COC(=O)CC(C)SC(=O)NCCC[Si](OCC)(OCC)OCC)CC(C(=O)O)C(C)SC(=O)NCCOC(=O)C(=C)C)C(=O)O. The minimum atomic E-state index is -2.89. The van der Waals surface area contributed by atoms with Crippen molar-refractivity contribution in [1.82, 2.24) is 16.0 Å². The lowest BCUT2D eigenvalue weighted by Gasteiger charge is -2.38. The minimum Gasteiger partial charge on any atom is -0.481 e. The van der Waals surface area contributed by atoms with E-state index in [0.29, 0.717) is 62.4 Å². The van der Waals surface area contributed by atoms with Gasteiger partial charge < -0.3 is 53.7 Å². The fourth-order valence-corrected chi connectivity index (χ4v) is 11.3. The van der Waals surface area contributed by atoms with Crippen molar-refractivity contribution in [1.29, 1.82) is 0 Å². The fraction of sp³-hybridized carbons (Fsp3) is 0.714. The molecule has 0 aromatic carbocycles. The minimum absolute atomic E-state index is 0.0505. The first kappa shape index (κ1) is 61.4. The van der Waals surface area contributed by atoms with Crippen molar-refractivity contribution in [2.45, 2.75) is 116 Å². The van der Waals surface area contributed by atoms with Crippen LogP contribution in [-0.2, 0) is 51.5 Å². The average molecular weight is 998 g/mol. The normalized spacial score (nSPS) is 14.5. The smallest absolute Gasteiger partial charge is 0.481 e. The number of rotatable bonds is 34. The lowest BCUT2D eigenvalue weighted by atomic mass is 9.70. The summed E-state index contributed by atoms with van der Waals surface area (Å²) in [5, 5.41) is 25.0. The number of esters is 3. The van der Waals surface area contributed by atoms with Gasteiger partial charge in [0, 0.05) is 64.7 Å². The summed E-state index contributed by atoms with van der Waals surface area (Å²) in [6.45, 7) is 22.7. The van der Waals surface area contributed by atoms with Crippen LogP contribution in [0, 0.1) is 17.3 Å². The van der Waals surface area contributed by atoms with Crippen molar-refractivity contribution < 1.29 is 76.1 Å². The van der Waals surface area contributed by atoms with Gasteiger partial charge in [0.05, 0.1) is 38.0 Å². The second-order valence-corrected chi connectivity index (χ2v) is 22.0. The van der Waals surface area contributed by atoms with Crippen molar-refractivity contribution in [2.75, 3.05) is 59.3 Å². The van der Waals surface area contributed by atoms with Crippen molar-refractivity contribution in [3.05, 3.63) is 24.3 Å². The highest BCUT2D eigenvalue weighted by atomic mass is 32.2.